The molecule has 0 radical (unpaired) electrons. The van der Waals surface area contributed by atoms with Crippen LogP contribution in [-0.2, 0) is 6.54 Å². The van der Waals surface area contributed by atoms with Gasteiger partial charge in [0.15, 0.2) is 0 Å². The van der Waals surface area contributed by atoms with E-state index in [0.717, 1.165) is 18.4 Å². The Morgan fingerprint density at radius 1 is 0.960 bits per heavy atom. The lowest BCUT2D eigenvalue weighted by atomic mass is 10.1. The molecule has 5 nitrogen and oxygen atoms in total. The molecule has 2 rings (SSSR count). The lowest BCUT2D eigenvalue weighted by molar-refractivity contribution is 0.0942. The molecule has 0 atom stereocenters. The molecule has 0 fully saturated rings. The molecule has 6 heteroatoms. The van der Waals surface area contributed by atoms with E-state index in [1.165, 1.54) is 0 Å². The highest BCUT2D eigenvalue weighted by Gasteiger charge is 2.07. The minimum absolute atomic E-state index is 0. The Balaban J connectivity index is 0.00000312. The second kappa shape index (κ2) is 10.4. The van der Waals surface area contributed by atoms with Gasteiger partial charge in [0.25, 0.3) is 11.8 Å². The summed E-state index contributed by atoms with van der Waals surface area (Å²) in [6.45, 7) is 3.16. The number of anilines is 1. The third kappa shape index (κ3) is 6.47. The number of unbranched alkanes of at least 4 members (excludes halogenated alkanes) is 1. The maximum atomic E-state index is 12.1. The molecule has 0 spiro atoms. The van der Waals surface area contributed by atoms with E-state index >= 15 is 0 Å². The summed E-state index contributed by atoms with van der Waals surface area (Å²) < 4.78 is 0. The highest BCUT2D eigenvalue weighted by Crippen LogP contribution is 2.08. The van der Waals surface area contributed by atoms with Crippen molar-refractivity contribution in [3.8, 4) is 0 Å². The van der Waals surface area contributed by atoms with Crippen molar-refractivity contribution in [3.05, 3.63) is 65.2 Å². The van der Waals surface area contributed by atoms with Crippen LogP contribution in [0, 0.1) is 0 Å². The normalized spacial score (nSPS) is 9.80. The van der Waals surface area contributed by atoms with Crippen molar-refractivity contribution >= 4 is 29.9 Å². The van der Waals surface area contributed by atoms with Gasteiger partial charge in [0.2, 0.25) is 0 Å². The zero-order chi connectivity index (χ0) is 17.4. The van der Waals surface area contributed by atoms with Crippen LogP contribution in [0.15, 0.2) is 48.5 Å². The maximum Gasteiger partial charge on any atom is 0.251 e. The van der Waals surface area contributed by atoms with Gasteiger partial charge >= 0.3 is 0 Å². The van der Waals surface area contributed by atoms with Gasteiger partial charge in [-0.05, 0) is 42.3 Å². The topological polar surface area (TPSA) is 84.2 Å². The average Bonchev–Trinajstić information content (AvgIpc) is 2.60. The molecule has 0 saturated carbocycles. The molecule has 0 saturated heterocycles. The first-order valence-corrected chi connectivity index (χ1v) is 8.11. The first kappa shape index (κ1) is 20.5. The Bertz CT molecular complexity index is 702. The summed E-state index contributed by atoms with van der Waals surface area (Å²) in [6, 6.07) is 14.1. The van der Waals surface area contributed by atoms with Crippen molar-refractivity contribution in [3.63, 3.8) is 0 Å². The van der Waals surface area contributed by atoms with Crippen molar-refractivity contribution in [2.45, 2.75) is 26.3 Å². The molecule has 0 aliphatic heterocycles. The summed E-state index contributed by atoms with van der Waals surface area (Å²) in [5, 5.41) is 5.71. The average molecular weight is 362 g/mol. The Morgan fingerprint density at radius 3 is 2.28 bits per heavy atom. The first-order valence-electron chi connectivity index (χ1n) is 8.11. The summed E-state index contributed by atoms with van der Waals surface area (Å²) in [4.78, 5) is 24.0. The van der Waals surface area contributed by atoms with Gasteiger partial charge in [-0.2, -0.15) is 0 Å². The number of carbonyl (C=O) groups is 2. The van der Waals surface area contributed by atoms with E-state index in [1.54, 1.807) is 36.4 Å². The van der Waals surface area contributed by atoms with Crippen LogP contribution in [0.25, 0.3) is 0 Å². The molecule has 0 aromatic heterocycles. The van der Waals surface area contributed by atoms with Crippen LogP contribution in [0.1, 0.15) is 46.0 Å². The standard InChI is InChI=1S/C19H23N3O2.ClH/c1-2-3-11-21-18(23)15-9-7-14(8-10-15)13-22-19(24)16-5-4-6-17(20)12-16;/h4-10,12H,2-3,11,13,20H2,1H3,(H,21,23)(H,22,24);1H. The summed E-state index contributed by atoms with van der Waals surface area (Å²) >= 11 is 0. The summed E-state index contributed by atoms with van der Waals surface area (Å²) in [7, 11) is 0. The predicted octanol–water partition coefficient (Wildman–Crippen LogP) is 3.15. The van der Waals surface area contributed by atoms with Gasteiger partial charge in [0.1, 0.15) is 0 Å². The molecule has 2 aromatic rings. The van der Waals surface area contributed by atoms with Crippen LogP contribution in [-0.4, -0.2) is 18.4 Å². The molecule has 0 heterocycles. The highest BCUT2D eigenvalue weighted by atomic mass is 35.5. The number of nitrogen functional groups attached to an aromatic ring is 1. The van der Waals surface area contributed by atoms with E-state index in [0.29, 0.717) is 29.9 Å². The zero-order valence-corrected chi connectivity index (χ0v) is 15.1. The van der Waals surface area contributed by atoms with Crippen molar-refractivity contribution < 1.29 is 9.59 Å². The van der Waals surface area contributed by atoms with E-state index in [2.05, 4.69) is 17.6 Å². The number of amides is 2. The molecule has 2 amide bonds. The lowest BCUT2D eigenvalue weighted by Gasteiger charge is -2.08. The number of benzene rings is 2. The molecule has 134 valence electrons. The van der Waals surface area contributed by atoms with Crippen molar-refractivity contribution in [1.82, 2.24) is 10.6 Å². The number of nitrogens with two attached hydrogens (primary N) is 1. The van der Waals surface area contributed by atoms with Crippen LogP contribution in [0.5, 0.6) is 0 Å². The summed E-state index contributed by atoms with van der Waals surface area (Å²) in [5.74, 6) is -0.248. The van der Waals surface area contributed by atoms with Gasteiger partial charge in [-0.15, -0.1) is 12.4 Å². The molecule has 0 unspecified atom stereocenters. The molecule has 0 aliphatic rings. The van der Waals surface area contributed by atoms with Crippen LogP contribution in [0.4, 0.5) is 5.69 Å². The smallest absolute Gasteiger partial charge is 0.251 e. The fraction of sp³-hybridized carbons (Fsp3) is 0.263. The summed E-state index contributed by atoms with van der Waals surface area (Å²) in [5.41, 5.74) is 8.31. The number of rotatable bonds is 7. The summed E-state index contributed by atoms with van der Waals surface area (Å²) in [6.07, 6.45) is 2.02. The quantitative estimate of drug-likeness (QED) is 0.523. The molecule has 25 heavy (non-hydrogen) atoms. The minimum atomic E-state index is -0.177. The van der Waals surface area contributed by atoms with E-state index in [4.69, 9.17) is 5.73 Å². The molecule has 0 aliphatic carbocycles. The predicted molar refractivity (Wildman–Crippen MR) is 103 cm³/mol. The lowest BCUT2D eigenvalue weighted by Crippen LogP contribution is -2.24. The van der Waals surface area contributed by atoms with E-state index in [1.807, 2.05) is 12.1 Å². The number of halogens is 1. The van der Waals surface area contributed by atoms with Crippen LogP contribution in [0.2, 0.25) is 0 Å². The number of nitrogens with one attached hydrogen (secondary N) is 2. The van der Waals surface area contributed by atoms with Gasteiger partial charge in [-0.1, -0.05) is 31.5 Å². The number of hydrogen-bond acceptors (Lipinski definition) is 3. The zero-order valence-electron chi connectivity index (χ0n) is 14.2. The van der Waals surface area contributed by atoms with E-state index < -0.39 is 0 Å². The maximum absolute atomic E-state index is 12.1. The first-order chi connectivity index (χ1) is 11.6. The van der Waals surface area contributed by atoms with Gasteiger partial charge < -0.3 is 16.4 Å². The minimum Gasteiger partial charge on any atom is -0.399 e. The fourth-order valence-electron chi connectivity index (χ4n) is 2.22. The molecular formula is C19H24ClN3O2. The van der Waals surface area contributed by atoms with E-state index in [-0.39, 0.29) is 24.2 Å². The third-order valence-electron chi connectivity index (χ3n) is 3.63. The molecule has 4 N–H and O–H groups in total. The third-order valence-corrected chi connectivity index (χ3v) is 3.63. The van der Waals surface area contributed by atoms with Crippen LogP contribution >= 0.6 is 12.4 Å². The second-order valence-electron chi connectivity index (χ2n) is 5.61. The van der Waals surface area contributed by atoms with Crippen molar-refractivity contribution in [2.24, 2.45) is 0 Å². The molecule has 2 aromatic carbocycles. The van der Waals surface area contributed by atoms with Gasteiger partial charge in [0.05, 0.1) is 0 Å². The van der Waals surface area contributed by atoms with Crippen LogP contribution in [0.3, 0.4) is 0 Å². The number of hydrogen-bond donors (Lipinski definition) is 3. The molecular weight excluding hydrogens is 338 g/mol. The van der Waals surface area contributed by atoms with Gasteiger partial charge in [-0.25, -0.2) is 0 Å². The highest BCUT2D eigenvalue weighted by molar-refractivity contribution is 5.95. The Kier molecular flexibility index (Phi) is 8.50. The largest absolute Gasteiger partial charge is 0.399 e. The Labute approximate surface area is 154 Å². The van der Waals surface area contributed by atoms with Crippen LogP contribution < -0.4 is 16.4 Å². The Morgan fingerprint density at radius 2 is 1.64 bits per heavy atom. The second-order valence-corrected chi connectivity index (χ2v) is 5.61. The fourth-order valence-corrected chi connectivity index (χ4v) is 2.22. The Hall–Kier alpha value is -2.53. The van der Waals surface area contributed by atoms with Gasteiger partial charge in [0, 0.05) is 29.9 Å². The SMILES string of the molecule is CCCCNC(=O)c1ccc(CNC(=O)c2cccc(N)c2)cc1.Cl. The van der Waals surface area contributed by atoms with Crippen molar-refractivity contribution in [2.75, 3.05) is 12.3 Å². The van der Waals surface area contributed by atoms with Crippen molar-refractivity contribution in [1.29, 1.82) is 0 Å². The van der Waals surface area contributed by atoms with Gasteiger partial charge in [-0.3, -0.25) is 9.59 Å². The van der Waals surface area contributed by atoms with E-state index in [9.17, 15) is 9.59 Å². The number of carbonyl (C=O) groups excluding carboxylic acids is 2. The molecule has 0 bridgehead atoms. The monoisotopic (exact) mass is 361 g/mol.